The summed E-state index contributed by atoms with van der Waals surface area (Å²) in [6, 6.07) is 0. The van der Waals surface area contributed by atoms with Gasteiger partial charge in [-0.25, -0.2) is 4.79 Å². The van der Waals surface area contributed by atoms with Gasteiger partial charge in [-0.15, -0.1) is 0 Å². The molecule has 0 radical (unpaired) electrons. The molecule has 0 unspecified atom stereocenters. The first kappa shape index (κ1) is 13.9. The van der Waals surface area contributed by atoms with Crippen molar-refractivity contribution in [3.8, 4) is 0 Å². The van der Waals surface area contributed by atoms with Gasteiger partial charge in [0.15, 0.2) is 11.2 Å². The van der Waals surface area contributed by atoms with Crippen molar-refractivity contribution in [3.63, 3.8) is 0 Å². The maximum absolute atomic E-state index is 12.4. The van der Waals surface area contributed by atoms with Crippen LogP contribution in [0.3, 0.4) is 0 Å². The van der Waals surface area contributed by atoms with Crippen LogP contribution in [0.2, 0.25) is 0 Å². The molecule has 1 aliphatic rings. The second-order valence-corrected chi connectivity index (χ2v) is 5.57. The van der Waals surface area contributed by atoms with E-state index >= 15 is 0 Å². The molecule has 2 aromatic rings. The molecule has 0 bridgehead atoms. The summed E-state index contributed by atoms with van der Waals surface area (Å²) in [4.78, 5) is 36.7. The van der Waals surface area contributed by atoms with E-state index in [1.54, 1.807) is 0 Å². The lowest BCUT2D eigenvalue weighted by molar-refractivity contribution is 0.570. The van der Waals surface area contributed by atoms with Crippen LogP contribution < -0.4 is 16.1 Å². The van der Waals surface area contributed by atoms with Gasteiger partial charge >= 0.3 is 5.69 Å². The zero-order valence-corrected chi connectivity index (χ0v) is 12.3. The number of hydrogen-bond acceptors (Lipinski definition) is 4. The van der Waals surface area contributed by atoms with E-state index in [9.17, 15) is 9.59 Å². The lowest BCUT2D eigenvalue weighted by Crippen LogP contribution is -2.35. The number of imidazole rings is 1. The Bertz CT molecular complexity index is 736. The van der Waals surface area contributed by atoms with Crippen molar-refractivity contribution in [1.82, 2.24) is 19.5 Å². The Labute approximate surface area is 122 Å². The zero-order chi connectivity index (χ0) is 14.8. The lowest BCUT2D eigenvalue weighted by Gasteiger charge is -2.25. The van der Waals surface area contributed by atoms with Crippen LogP contribution in [0.25, 0.3) is 11.2 Å². The van der Waals surface area contributed by atoms with Gasteiger partial charge in [-0.1, -0.05) is 13.3 Å². The number of nitrogens with zero attached hydrogens (tertiary/aromatic N) is 3. The van der Waals surface area contributed by atoms with Gasteiger partial charge < -0.3 is 9.88 Å². The normalized spacial score (nSPS) is 15.8. The highest BCUT2D eigenvalue weighted by Crippen LogP contribution is 2.17. The summed E-state index contributed by atoms with van der Waals surface area (Å²) < 4.78 is 1.25. The third kappa shape index (κ3) is 2.59. The maximum atomic E-state index is 12.4. The molecule has 0 atom stereocenters. The smallest absolute Gasteiger partial charge is 0.330 e. The first-order valence-electron chi connectivity index (χ1n) is 7.68. The van der Waals surface area contributed by atoms with Crippen LogP contribution in [0.1, 0.15) is 39.0 Å². The van der Waals surface area contributed by atoms with Crippen molar-refractivity contribution in [2.24, 2.45) is 0 Å². The number of piperidine rings is 1. The first-order chi connectivity index (χ1) is 10.2. The minimum Gasteiger partial charge on any atom is -0.342 e. The molecule has 1 aliphatic heterocycles. The minimum atomic E-state index is -0.377. The van der Waals surface area contributed by atoms with E-state index in [4.69, 9.17) is 0 Å². The van der Waals surface area contributed by atoms with Crippen molar-refractivity contribution in [3.05, 3.63) is 20.8 Å². The molecule has 2 aromatic heterocycles. The van der Waals surface area contributed by atoms with Gasteiger partial charge in [0.25, 0.3) is 5.56 Å². The molecule has 7 heteroatoms. The molecule has 0 amide bonds. The summed E-state index contributed by atoms with van der Waals surface area (Å²) in [6.07, 6.45) is 5.24. The maximum Gasteiger partial charge on any atom is 0.330 e. The van der Waals surface area contributed by atoms with Crippen LogP contribution in [-0.2, 0) is 6.54 Å². The van der Waals surface area contributed by atoms with Crippen molar-refractivity contribution in [1.29, 1.82) is 0 Å². The molecule has 3 heterocycles. The standard InChI is InChI=1S/C14H21N5O2/c1-2-3-9-19-12(20)10-11(17-14(19)21)16-13(15-10)18-7-5-4-6-8-18/h2-9H2,1H3,(H,15,16)(H,17,21). The molecule has 1 saturated heterocycles. The van der Waals surface area contributed by atoms with Crippen LogP contribution in [0.5, 0.6) is 0 Å². The summed E-state index contributed by atoms with van der Waals surface area (Å²) in [6.45, 7) is 4.35. The molecule has 1 fully saturated rings. The Hall–Kier alpha value is -2.05. The Kier molecular flexibility index (Phi) is 3.81. The molecule has 114 valence electrons. The number of H-pyrrole nitrogens is 2. The number of rotatable bonds is 4. The van der Waals surface area contributed by atoms with Gasteiger partial charge in [-0.2, -0.15) is 4.98 Å². The highest BCUT2D eigenvalue weighted by atomic mass is 16.2. The van der Waals surface area contributed by atoms with Crippen molar-refractivity contribution in [2.45, 2.75) is 45.6 Å². The van der Waals surface area contributed by atoms with Gasteiger partial charge in [0.2, 0.25) is 5.95 Å². The monoisotopic (exact) mass is 291 g/mol. The quantitative estimate of drug-likeness (QED) is 0.886. The highest BCUT2D eigenvalue weighted by Gasteiger charge is 2.17. The molecule has 21 heavy (non-hydrogen) atoms. The van der Waals surface area contributed by atoms with E-state index in [1.807, 2.05) is 6.92 Å². The number of anilines is 1. The van der Waals surface area contributed by atoms with Crippen LogP contribution in [0.15, 0.2) is 9.59 Å². The number of unbranched alkanes of at least 4 members (excludes halogenated alkanes) is 1. The van der Waals surface area contributed by atoms with Crippen molar-refractivity contribution >= 4 is 17.1 Å². The minimum absolute atomic E-state index is 0.280. The number of nitrogens with one attached hydrogen (secondary N) is 2. The van der Waals surface area contributed by atoms with Crippen molar-refractivity contribution < 1.29 is 0 Å². The molecule has 3 rings (SSSR count). The van der Waals surface area contributed by atoms with E-state index < -0.39 is 0 Å². The first-order valence-corrected chi connectivity index (χ1v) is 7.68. The Balaban J connectivity index is 2.02. The molecule has 7 nitrogen and oxygen atoms in total. The fourth-order valence-electron chi connectivity index (χ4n) is 2.78. The van der Waals surface area contributed by atoms with Gasteiger partial charge in [0.1, 0.15) is 0 Å². The molecule has 0 aliphatic carbocycles. The summed E-state index contributed by atoms with van der Waals surface area (Å²) >= 11 is 0. The van der Waals surface area contributed by atoms with Crippen LogP contribution in [0.4, 0.5) is 5.95 Å². The Morgan fingerprint density at radius 2 is 1.90 bits per heavy atom. The van der Waals surface area contributed by atoms with Gasteiger partial charge in [0.05, 0.1) is 0 Å². The molecule has 0 saturated carbocycles. The van der Waals surface area contributed by atoms with E-state index in [1.165, 1.54) is 11.0 Å². The van der Waals surface area contributed by atoms with Crippen LogP contribution in [-0.4, -0.2) is 32.6 Å². The van der Waals surface area contributed by atoms with Crippen LogP contribution >= 0.6 is 0 Å². The fraction of sp³-hybridized carbons (Fsp3) is 0.643. The van der Waals surface area contributed by atoms with Gasteiger partial charge in [-0.05, 0) is 25.7 Å². The topological polar surface area (TPSA) is 86.8 Å². The SMILES string of the molecule is CCCCn1c(=O)[nH]c2nc(N3CCCCC3)[nH]c2c1=O. The Morgan fingerprint density at radius 3 is 2.62 bits per heavy atom. The third-order valence-electron chi connectivity index (χ3n) is 4.01. The molecule has 2 N–H and O–H groups in total. The summed E-state index contributed by atoms with van der Waals surface area (Å²) in [5, 5.41) is 0. The number of aromatic amines is 2. The summed E-state index contributed by atoms with van der Waals surface area (Å²) in [7, 11) is 0. The lowest BCUT2D eigenvalue weighted by atomic mass is 10.1. The molecular weight excluding hydrogens is 270 g/mol. The summed E-state index contributed by atoms with van der Waals surface area (Å²) in [5.41, 5.74) is 0.0974. The van der Waals surface area contributed by atoms with E-state index in [-0.39, 0.29) is 11.2 Å². The summed E-state index contributed by atoms with van der Waals surface area (Å²) in [5.74, 6) is 0.686. The third-order valence-corrected chi connectivity index (χ3v) is 4.01. The van der Waals surface area contributed by atoms with E-state index in [0.717, 1.165) is 38.8 Å². The second-order valence-electron chi connectivity index (χ2n) is 5.57. The largest absolute Gasteiger partial charge is 0.342 e. The molecule has 0 spiro atoms. The van der Waals surface area contributed by atoms with Gasteiger partial charge in [0, 0.05) is 19.6 Å². The van der Waals surface area contributed by atoms with Crippen molar-refractivity contribution in [2.75, 3.05) is 18.0 Å². The Morgan fingerprint density at radius 1 is 1.14 bits per heavy atom. The fourth-order valence-corrected chi connectivity index (χ4v) is 2.78. The average molecular weight is 291 g/mol. The second kappa shape index (κ2) is 5.75. The highest BCUT2D eigenvalue weighted by molar-refractivity contribution is 5.72. The number of aromatic nitrogens is 4. The average Bonchev–Trinajstić information content (AvgIpc) is 2.92. The zero-order valence-electron chi connectivity index (χ0n) is 12.3. The van der Waals surface area contributed by atoms with E-state index in [0.29, 0.717) is 23.7 Å². The molecule has 0 aromatic carbocycles. The van der Waals surface area contributed by atoms with Crippen LogP contribution in [0, 0.1) is 0 Å². The van der Waals surface area contributed by atoms with Gasteiger partial charge in [-0.3, -0.25) is 14.3 Å². The number of fused-ring (bicyclic) bond motifs is 1. The predicted molar refractivity (Wildman–Crippen MR) is 81.9 cm³/mol. The number of hydrogen-bond donors (Lipinski definition) is 2. The molecular formula is C14H21N5O2. The van der Waals surface area contributed by atoms with E-state index in [2.05, 4.69) is 19.9 Å². The predicted octanol–water partition coefficient (Wildman–Crippen LogP) is 1.20.